The number of nitrogens with zero attached hydrogens (tertiary/aromatic N) is 3. The van der Waals surface area contributed by atoms with Crippen LogP contribution >= 0.6 is 11.3 Å². The maximum atomic E-state index is 11.5. The fourth-order valence-corrected chi connectivity index (χ4v) is 3.45. The van der Waals surface area contributed by atoms with Gasteiger partial charge in [-0.3, -0.25) is 4.79 Å². The first-order chi connectivity index (χ1) is 12.9. The number of fused-ring (bicyclic) bond motifs is 1. The van der Waals surface area contributed by atoms with Crippen molar-refractivity contribution < 1.29 is 9.53 Å². The van der Waals surface area contributed by atoms with Crippen LogP contribution in [0, 0.1) is 6.92 Å². The van der Waals surface area contributed by atoms with Crippen LogP contribution in [0.25, 0.3) is 10.2 Å². The normalized spacial score (nSPS) is 11.4. The van der Waals surface area contributed by atoms with E-state index in [1.54, 1.807) is 18.2 Å². The Balaban J connectivity index is 2.05. The van der Waals surface area contributed by atoms with Gasteiger partial charge in [-0.15, -0.1) is 5.11 Å². The number of amides is 1. The summed E-state index contributed by atoms with van der Waals surface area (Å²) in [5.41, 5.74) is 8.65. The van der Waals surface area contributed by atoms with Crippen molar-refractivity contribution in [3.63, 3.8) is 0 Å². The first-order valence-electron chi connectivity index (χ1n) is 8.27. The van der Waals surface area contributed by atoms with Crippen molar-refractivity contribution in [3.8, 4) is 5.75 Å². The van der Waals surface area contributed by atoms with E-state index in [9.17, 15) is 4.79 Å². The molecule has 0 spiro atoms. The van der Waals surface area contributed by atoms with Gasteiger partial charge in [-0.1, -0.05) is 22.6 Å². The maximum absolute atomic E-state index is 11.5. The number of aryl methyl sites for hydroxylation is 1. The van der Waals surface area contributed by atoms with E-state index in [1.165, 1.54) is 11.3 Å². The summed E-state index contributed by atoms with van der Waals surface area (Å²) in [6.45, 7) is 5.77. The number of hydrogen-bond acceptors (Lipinski definition) is 7. The number of anilines is 2. The molecule has 0 fully saturated rings. The molecule has 1 aromatic heterocycles. The topological polar surface area (TPSA) is 128 Å². The van der Waals surface area contributed by atoms with E-state index >= 15 is 0 Å². The lowest BCUT2D eigenvalue weighted by molar-refractivity contribution is 0.100. The predicted molar refractivity (Wildman–Crippen MR) is 107 cm³/mol. The van der Waals surface area contributed by atoms with E-state index in [-0.39, 0.29) is 6.10 Å². The molecule has 0 unspecified atom stereocenters. The van der Waals surface area contributed by atoms with Gasteiger partial charge in [0.05, 0.1) is 16.5 Å². The number of nitrogens with one attached hydrogen (secondary N) is 1. The Morgan fingerprint density at radius 2 is 2.07 bits per heavy atom. The number of aromatic nitrogens is 1. The molecule has 0 aliphatic heterocycles. The molecular formula is C18H20N6O2S. The van der Waals surface area contributed by atoms with Crippen LogP contribution < -0.4 is 21.6 Å². The van der Waals surface area contributed by atoms with Gasteiger partial charge in [0.2, 0.25) is 5.91 Å². The molecule has 3 rings (SSSR count). The number of primary amides is 1. The smallest absolute Gasteiger partial charge is 0.248 e. The first kappa shape index (κ1) is 18.6. The summed E-state index contributed by atoms with van der Waals surface area (Å²) in [7, 11) is 0. The predicted octanol–water partition coefficient (Wildman–Crippen LogP) is 4.19. The quantitative estimate of drug-likeness (QED) is 0.333. The monoisotopic (exact) mass is 384 g/mol. The van der Waals surface area contributed by atoms with Gasteiger partial charge in [0.1, 0.15) is 17.0 Å². The molecule has 140 valence electrons. The second-order valence-corrected chi connectivity index (χ2v) is 7.21. The van der Waals surface area contributed by atoms with Gasteiger partial charge in [-0.2, -0.15) is 0 Å². The number of thiazole rings is 1. The SMILES string of the molecule is Cc1ccc2sc(Nc3cc(C(N)=O)ccc3OC(C)C)nc2c1N=NN. The largest absolute Gasteiger partial charge is 0.489 e. The second kappa shape index (κ2) is 7.58. The Morgan fingerprint density at radius 1 is 1.30 bits per heavy atom. The van der Waals surface area contributed by atoms with Crippen LogP contribution in [-0.2, 0) is 0 Å². The number of hydrogen-bond donors (Lipinski definition) is 3. The molecule has 0 bridgehead atoms. The molecule has 1 heterocycles. The summed E-state index contributed by atoms with van der Waals surface area (Å²) in [4.78, 5) is 16.1. The molecule has 0 saturated heterocycles. The van der Waals surface area contributed by atoms with Crippen LogP contribution in [0.3, 0.4) is 0 Å². The summed E-state index contributed by atoms with van der Waals surface area (Å²) in [5, 5.41) is 11.2. The van der Waals surface area contributed by atoms with E-state index in [1.807, 2.05) is 32.9 Å². The highest BCUT2D eigenvalue weighted by atomic mass is 32.1. The second-order valence-electron chi connectivity index (χ2n) is 6.18. The fraction of sp³-hybridized carbons (Fsp3) is 0.222. The Morgan fingerprint density at radius 3 is 2.74 bits per heavy atom. The van der Waals surface area contributed by atoms with Crippen molar-refractivity contribution >= 4 is 44.0 Å². The van der Waals surface area contributed by atoms with Crippen molar-refractivity contribution in [3.05, 3.63) is 41.5 Å². The van der Waals surface area contributed by atoms with Gasteiger partial charge in [-0.05, 0) is 50.6 Å². The van der Waals surface area contributed by atoms with Gasteiger partial charge >= 0.3 is 0 Å². The van der Waals surface area contributed by atoms with Gasteiger partial charge in [-0.25, -0.2) is 4.98 Å². The van der Waals surface area contributed by atoms with Crippen LogP contribution in [-0.4, -0.2) is 17.0 Å². The zero-order valence-electron chi connectivity index (χ0n) is 15.2. The van der Waals surface area contributed by atoms with Gasteiger partial charge in [0.15, 0.2) is 5.13 Å². The van der Waals surface area contributed by atoms with Crippen molar-refractivity contribution in [2.24, 2.45) is 21.9 Å². The van der Waals surface area contributed by atoms with Gasteiger partial charge < -0.3 is 21.6 Å². The molecule has 3 aromatic rings. The minimum Gasteiger partial charge on any atom is -0.489 e. The summed E-state index contributed by atoms with van der Waals surface area (Å²) < 4.78 is 6.75. The number of benzene rings is 2. The molecule has 0 aliphatic carbocycles. The molecular weight excluding hydrogens is 364 g/mol. The van der Waals surface area contributed by atoms with Crippen molar-refractivity contribution in [2.75, 3.05) is 5.32 Å². The average Bonchev–Trinajstić information content (AvgIpc) is 3.01. The number of carbonyl (C=O) groups excluding carboxylic acids is 1. The molecule has 27 heavy (non-hydrogen) atoms. The molecule has 1 amide bonds. The molecule has 2 aromatic carbocycles. The number of rotatable bonds is 6. The van der Waals surface area contributed by atoms with E-state index < -0.39 is 5.91 Å². The van der Waals surface area contributed by atoms with E-state index in [2.05, 4.69) is 20.6 Å². The van der Waals surface area contributed by atoms with Crippen molar-refractivity contribution in [2.45, 2.75) is 26.9 Å². The van der Waals surface area contributed by atoms with Crippen LogP contribution in [0.15, 0.2) is 40.7 Å². The highest BCUT2D eigenvalue weighted by Crippen LogP contribution is 2.38. The lowest BCUT2D eigenvalue weighted by Gasteiger charge is -2.15. The van der Waals surface area contributed by atoms with Crippen LogP contribution in [0.4, 0.5) is 16.5 Å². The van der Waals surface area contributed by atoms with E-state index in [4.69, 9.17) is 16.3 Å². The number of carbonyl (C=O) groups is 1. The van der Waals surface area contributed by atoms with Crippen LogP contribution in [0.1, 0.15) is 29.8 Å². The molecule has 8 nitrogen and oxygen atoms in total. The molecule has 9 heteroatoms. The average molecular weight is 384 g/mol. The summed E-state index contributed by atoms with van der Waals surface area (Å²) in [5.74, 6) is 5.31. The zero-order valence-corrected chi connectivity index (χ0v) is 16.0. The molecule has 0 atom stereocenters. The fourth-order valence-electron chi connectivity index (χ4n) is 2.57. The van der Waals surface area contributed by atoms with E-state index in [0.29, 0.717) is 33.3 Å². The minimum absolute atomic E-state index is 0.0282. The van der Waals surface area contributed by atoms with Crippen LogP contribution in [0.2, 0.25) is 0 Å². The summed E-state index contributed by atoms with van der Waals surface area (Å²) in [6.07, 6.45) is -0.0282. The third kappa shape index (κ3) is 3.98. The van der Waals surface area contributed by atoms with E-state index in [0.717, 1.165) is 10.3 Å². The minimum atomic E-state index is -0.514. The molecule has 0 saturated carbocycles. The summed E-state index contributed by atoms with van der Waals surface area (Å²) >= 11 is 1.45. The third-order valence-corrected chi connectivity index (χ3v) is 4.70. The Hall–Kier alpha value is -3.20. The van der Waals surface area contributed by atoms with Crippen molar-refractivity contribution in [1.82, 2.24) is 4.98 Å². The van der Waals surface area contributed by atoms with Gasteiger partial charge in [0, 0.05) is 5.56 Å². The number of ether oxygens (including phenoxy) is 1. The Labute approximate surface area is 160 Å². The summed E-state index contributed by atoms with van der Waals surface area (Å²) in [6, 6.07) is 8.90. The van der Waals surface area contributed by atoms with Crippen LogP contribution in [0.5, 0.6) is 5.75 Å². The molecule has 0 aliphatic rings. The number of nitrogens with two attached hydrogens (primary N) is 2. The Kier molecular flexibility index (Phi) is 5.22. The highest BCUT2D eigenvalue weighted by molar-refractivity contribution is 7.22. The highest BCUT2D eigenvalue weighted by Gasteiger charge is 2.14. The first-order valence-corrected chi connectivity index (χ1v) is 9.09. The van der Waals surface area contributed by atoms with Gasteiger partial charge in [0.25, 0.3) is 0 Å². The Bertz CT molecular complexity index is 1030. The third-order valence-electron chi connectivity index (χ3n) is 3.76. The molecule has 5 N–H and O–H groups in total. The molecule has 0 radical (unpaired) electrons. The lowest BCUT2D eigenvalue weighted by Crippen LogP contribution is -2.12. The zero-order chi connectivity index (χ0) is 19.6. The maximum Gasteiger partial charge on any atom is 0.248 e. The standard InChI is InChI=1S/C18H20N6O2S/c1-9(2)26-13-6-5-11(17(19)25)8-12(13)21-18-22-16-14(27-18)7-4-10(3)15(16)23-24-20/h4-9H,1-3H3,(H2,19,25)(H2,20,23)(H,21,22). The van der Waals surface area contributed by atoms with Crippen molar-refractivity contribution in [1.29, 1.82) is 0 Å². The lowest BCUT2D eigenvalue weighted by atomic mass is 10.1.